The molecule has 0 saturated heterocycles. The molecule has 17 heavy (non-hydrogen) atoms. The van der Waals surface area contributed by atoms with Gasteiger partial charge in [-0.15, -0.1) is 11.8 Å². The summed E-state index contributed by atoms with van der Waals surface area (Å²) >= 11 is 2.91. The second-order valence-electron chi connectivity index (χ2n) is 4.70. The molecule has 0 atom stereocenters. The fraction of sp³-hybridized carbons (Fsp3) is 0.700. The summed E-state index contributed by atoms with van der Waals surface area (Å²) in [5.41, 5.74) is 6.46. The molecule has 0 aromatic carbocycles. The van der Waals surface area contributed by atoms with E-state index in [-0.39, 0.29) is 5.75 Å². The zero-order valence-electron chi connectivity index (χ0n) is 10.5. The van der Waals surface area contributed by atoms with E-state index < -0.39 is 14.6 Å². The zero-order valence-corrected chi connectivity index (χ0v) is 12.9. The van der Waals surface area contributed by atoms with Gasteiger partial charge in [0.15, 0.2) is 15.0 Å². The van der Waals surface area contributed by atoms with Gasteiger partial charge in [0, 0.05) is 5.75 Å². The SMILES string of the molecule is Cc1nc(N)sc1SCCS(=O)(=O)C(C)(C)C. The van der Waals surface area contributed by atoms with Crippen molar-refractivity contribution in [2.45, 2.75) is 36.7 Å². The second kappa shape index (κ2) is 5.16. The third-order valence-electron chi connectivity index (χ3n) is 2.29. The zero-order chi connectivity index (χ0) is 13.3. The van der Waals surface area contributed by atoms with Crippen molar-refractivity contribution in [1.82, 2.24) is 4.98 Å². The standard InChI is InChI=1S/C10H18N2O2S3/c1-7-8(16-9(11)12-7)15-5-6-17(13,14)10(2,3)4/h5-6H2,1-4H3,(H2,11,12). The molecule has 0 amide bonds. The molecule has 2 N–H and O–H groups in total. The van der Waals surface area contributed by atoms with Gasteiger partial charge in [-0.2, -0.15) is 0 Å². The Morgan fingerprint density at radius 1 is 1.41 bits per heavy atom. The van der Waals surface area contributed by atoms with Crippen LogP contribution in [-0.4, -0.2) is 29.7 Å². The third-order valence-corrected chi connectivity index (χ3v) is 7.51. The molecule has 0 aliphatic carbocycles. The Labute approximate surface area is 111 Å². The largest absolute Gasteiger partial charge is 0.375 e. The van der Waals surface area contributed by atoms with Crippen molar-refractivity contribution in [2.24, 2.45) is 0 Å². The maximum Gasteiger partial charge on any atom is 0.181 e. The Kier molecular flexibility index (Phi) is 4.49. The van der Waals surface area contributed by atoms with Crippen molar-refractivity contribution in [2.75, 3.05) is 17.2 Å². The summed E-state index contributed by atoms with van der Waals surface area (Å²) < 4.78 is 24.1. The summed E-state index contributed by atoms with van der Waals surface area (Å²) in [6.07, 6.45) is 0. The summed E-state index contributed by atoms with van der Waals surface area (Å²) in [7, 11) is -3.04. The van der Waals surface area contributed by atoms with Crippen molar-refractivity contribution in [3.8, 4) is 0 Å². The van der Waals surface area contributed by atoms with E-state index in [0.29, 0.717) is 10.9 Å². The molecule has 98 valence electrons. The topological polar surface area (TPSA) is 73.0 Å². The highest BCUT2D eigenvalue weighted by atomic mass is 32.2. The van der Waals surface area contributed by atoms with E-state index in [9.17, 15) is 8.42 Å². The van der Waals surface area contributed by atoms with Gasteiger partial charge < -0.3 is 5.73 Å². The molecule has 1 heterocycles. The Morgan fingerprint density at radius 3 is 2.41 bits per heavy atom. The highest BCUT2D eigenvalue weighted by molar-refractivity contribution is 8.02. The van der Waals surface area contributed by atoms with Gasteiger partial charge in [0.05, 0.1) is 20.4 Å². The Hall–Kier alpha value is -0.270. The van der Waals surface area contributed by atoms with Crippen LogP contribution < -0.4 is 5.73 Å². The molecule has 1 rings (SSSR count). The number of nitrogen functional groups attached to an aromatic ring is 1. The van der Waals surface area contributed by atoms with Crippen molar-refractivity contribution in [3.63, 3.8) is 0 Å². The molecular formula is C10H18N2O2S3. The van der Waals surface area contributed by atoms with Gasteiger partial charge in [-0.1, -0.05) is 11.3 Å². The van der Waals surface area contributed by atoms with E-state index in [0.717, 1.165) is 9.90 Å². The lowest BCUT2D eigenvalue weighted by Crippen LogP contribution is -2.31. The van der Waals surface area contributed by atoms with Crippen molar-refractivity contribution in [1.29, 1.82) is 0 Å². The number of thioether (sulfide) groups is 1. The number of hydrogen-bond donors (Lipinski definition) is 1. The van der Waals surface area contributed by atoms with Gasteiger partial charge in [0.1, 0.15) is 0 Å². The molecule has 0 saturated carbocycles. The van der Waals surface area contributed by atoms with E-state index in [2.05, 4.69) is 4.98 Å². The van der Waals surface area contributed by atoms with Crippen LogP contribution in [-0.2, 0) is 9.84 Å². The third kappa shape index (κ3) is 3.86. The Morgan fingerprint density at radius 2 is 2.00 bits per heavy atom. The summed E-state index contributed by atoms with van der Waals surface area (Å²) in [6.45, 7) is 7.06. The number of rotatable bonds is 4. The fourth-order valence-electron chi connectivity index (χ4n) is 1.09. The molecule has 1 aromatic heterocycles. The lowest BCUT2D eigenvalue weighted by Gasteiger charge is -2.18. The van der Waals surface area contributed by atoms with E-state index in [1.54, 1.807) is 20.8 Å². The van der Waals surface area contributed by atoms with Crippen LogP contribution in [0.25, 0.3) is 0 Å². The first-order valence-corrected chi connectivity index (χ1v) is 8.67. The number of nitrogens with two attached hydrogens (primary N) is 1. The Bertz CT molecular complexity index is 486. The van der Waals surface area contributed by atoms with Crippen molar-refractivity contribution < 1.29 is 8.42 Å². The first-order chi connectivity index (χ1) is 7.63. The van der Waals surface area contributed by atoms with Crippen LogP contribution in [0.1, 0.15) is 26.5 Å². The fourth-order valence-corrected chi connectivity index (χ4v) is 4.66. The molecule has 4 nitrogen and oxygen atoms in total. The number of thiazole rings is 1. The minimum Gasteiger partial charge on any atom is -0.375 e. The highest BCUT2D eigenvalue weighted by Crippen LogP contribution is 2.31. The number of aryl methyl sites for hydroxylation is 1. The maximum atomic E-state index is 11.9. The smallest absolute Gasteiger partial charge is 0.181 e. The molecule has 0 aliphatic heterocycles. The number of nitrogens with zero attached hydrogens (tertiary/aromatic N) is 1. The molecular weight excluding hydrogens is 276 g/mol. The Balaban J connectivity index is 2.57. The quantitative estimate of drug-likeness (QED) is 0.863. The van der Waals surface area contributed by atoms with Crippen LogP contribution in [0.5, 0.6) is 0 Å². The molecule has 0 aliphatic rings. The maximum absolute atomic E-state index is 11.9. The van der Waals surface area contributed by atoms with Crippen LogP contribution in [0.3, 0.4) is 0 Å². The predicted octanol–water partition coefficient (Wildman–Crippen LogP) is 2.34. The van der Waals surface area contributed by atoms with Gasteiger partial charge in [0.2, 0.25) is 0 Å². The van der Waals surface area contributed by atoms with E-state index in [1.165, 1.54) is 23.1 Å². The molecule has 0 radical (unpaired) electrons. The average molecular weight is 294 g/mol. The summed E-state index contributed by atoms with van der Waals surface area (Å²) in [5, 5.41) is 0.531. The van der Waals surface area contributed by atoms with Gasteiger partial charge in [-0.3, -0.25) is 0 Å². The summed E-state index contributed by atoms with van der Waals surface area (Å²) in [4.78, 5) is 4.10. The molecule has 0 unspecified atom stereocenters. The van der Waals surface area contributed by atoms with Crippen LogP contribution in [0.15, 0.2) is 4.21 Å². The van der Waals surface area contributed by atoms with Crippen LogP contribution in [0, 0.1) is 6.92 Å². The average Bonchev–Trinajstić information content (AvgIpc) is 2.43. The number of anilines is 1. The van der Waals surface area contributed by atoms with Crippen molar-refractivity contribution >= 4 is 38.1 Å². The van der Waals surface area contributed by atoms with E-state index in [1.807, 2.05) is 6.92 Å². The number of hydrogen-bond acceptors (Lipinski definition) is 6. The molecule has 0 bridgehead atoms. The highest BCUT2D eigenvalue weighted by Gasteiger charge is 2.28. The normalized spacial score (nSPS) is 12.9. The van der Waals surface area contributed by atoms with Crippen LogP contribution in [0.4, 0.5) is 5.13 Å². The van der Waals surface area contributed by atoms with E-state index >= 15 is 0 Å². The summed E-state index contributed by atoms with van der Waals surface area (Å²) in [5.74, 6) is 0.723. The minimum absolute atomic E-state index is 0.179. The first kappa shape index (κ1) is 14.8. The lowest BCUT2D eigenvalue weighted by atomic mass is 10.3. The first-order valence-electron chi connectivity index (χ1n) is 5.21. The van der Waals surface area contributed by atoms with Crippen LogP contribution in [0.2, 0.25) is 0 Å². The lowest BCUT2D eigenvalue weighted by molar-refractivity contribution is 0.562. The van der Waals surface area contributed by atoms with Gasteiger partial charge in [-0.05, 0) is 27.7 Å². The monoisotopic (exact) mass is 294 g/mol. The number of aromatic nitrogens is 1. The number of sulfone groups is 1. The minimum atomic E-state index is -3.04. The van der Waals surface area contributed by atoms with Gasteiger partial charge in [-0.25, -0.2) is 13.4 Å². The summed E-state index contributed by atoms with van der Waals surface area (Å²) in [6, 6.07) is 0. The van der Waals surface area contributed by atoms with Gasteiger partial charge >= 0.3 is 0 Å². The molecule has 0 spiro atoms. The van der Waals surface area contributed by atoms with Crippen LogP contribution >= 0.6 is 23.1 Å². The molecule has 7 heteroatoms. The van der Waals surface area contributed by atoms with Gasteiger partial charge in [0.25, 0.3) is 0 Å². The second-order valence-corrected chi connectivity index (χ2v) is 9.96. The molecule has 0 fully saturated rings. The van der Waals surface area contributed by atoms with E-state index in [4.69, 9.17) is 5.73 Å². The predicted molar refractivity (Wildman–Crippen MR) is 75.5 cm³/mol. The van der Waals surface area contributed by atoms with Crippen molar-refractivity contribution in [3.05, 3.63) is 5.69 Å². The molecule has 1 aromatic rings.